The fourth-order valence-electron chi connectivity index (χ4n) is 3.33. The molecule has 0 atom stereocenters. The monoisotopic (exact) mass is 438 g/mol. The molecule has 0 heterocycles. The van der Waals surface area contributed by atoms with Crippen LogP contribution in [0, 0.1) is 11.8 Å². The summed E-state index contributed by atoms with van der Waals surface area (Å²) in [6.07, 6.45) is 0. The number of hydrogen-bond acceptors (Lipinski definition) is 1. The number of halogens is 1. The van der Waals surface area contributed by atoms with Crippen LogP contribution >= 0.6 is 15.9 Å². The first kappa shape index (κ1) is 19.2. The van der Waals surface area contributed by atoms with E-state index in [1.165, 1.54) is 0 Å². The van der Waals surface area contributed by atoms with Crippen molar-refractivity contribution < 1.29 is 5.11 Å². The Balaban J connectivity index is 1.71. The van der Waals surface area contributed by atoms with E-state index >= 15 is 0 Å². The Morgan fingerprint density at radius 1 is 0.517 bits per heavy atom. The van der Waals surface area contributed by atoms with Crippen LogP contribution in [0.1, 0.15) is 27.8 Å². The second-order valence-corrected chi connectivity index (χ2v) is 7.69. The zero-order valence-electron chi connectivity index (χ0n) is 15.7. The van der Waals surface area contributed by atoms with Gasteiger partial charge >= 0.3 is 0 Å². The molecule has 1 N–H and O–H groups in total. The van der Waals surface area contributed by atoms with Crippen molar-refractivity contribution in [2.24, 2.45) is 0 Å². The molecule has 2 heteroatoms. The first-order valence-corrected chi connectivity index (χ1v) is 10.2. The summed E-state index contributed by atoms with van der Waals surface area (Å²) in [5, 5.41) is 11.8. The van der Waals surface area contributed by atoms with Gasteiger partial charge in [-0.1, -0.05) is 101 Å². The number of rotatable bonds is 3. The molecular formula is C27H19BrO. The lowest BCUT2D eigenvalue weighted by molar-refractivity contribution is 0.125. The number of benzene rings is 4. The summed E-state index contributed by atoms with van der Waals surface area (Å²) >= 11 is 3.43. The molecule has 4 rings (SSSR count). The van der Waals surface area contributed by atoms with E-state index in [-0.39, 0.29) is 0 Å². The van der Waals surface area contributed by atoms with Crippen molar-refractivity contribution in [3.8, 4) is 11.8 Å². The van der Waals surface area contributed by atoms with Crippen LogP contribution in [0.25, 0.3) is 0 Å². The van der Waals surface area contributed by atoms with Crippen molar-refractivity contribution in [3.05, 3.63) is 141 Å². The van der Waals surface area contributed by atoms with Gasteiger partial charge in [-0.25, -0.2) is 0 Å². The van der Waals surface area contributed by atoms with Gasteiger partial charge < -0.3 is 5.11 Å². The molecule has 0 spiro atoms. The first-order valence-electron chi connectivity index (χ1n) is 9.38. The second kappa shape index (κ2) is 8.49. The van der Waals surface area contributed by atoms with Crippen molar-refractivity contribution in [2.45, 2.75) is 5.60 Å². The maximum absolute atomic E-state index is 11.8. The zero-order valence-corrected chi connectivity index (χ0v) is 17.3. The van der Waals surface area contributed by atoms with Crippen molar-refractivity contribution in [2.75, 3.05) is 0 Å². The molecule has 0 fully saturated rings. The predicted molar refractivity (Wildman–Crippen MR) is 122 cm³/mol. The summed E-state index contributed by atoms with van der Waals surface area (Å²) in [4.78, 5) is 0. The average Bonchev–Trinajstić information content (AvgIpc) is 2.80. The highest BCUT2D eigenvalue weighted by atomic mass is 79.9. The molecule has 0 aliphatic heterocycles. The van der Waals surface area contributed by atoms with E-state index in [4.69, 9.17) is 0 Å². The second-order valence-electron chi connectivity index (χ2n) is 6.78. The molecule has 0 amide bonds. The van der Waals surface area contributed by atoms with Crippen LogP contribution in [0.3, 0.4) is 0 Å². The number of aliphatic hydroxyl groups is 1. The molecule has 140 valence electrons. The van der Waals surface area contributed by atoms with Gasteiger partial charge in [0.15, 0.2) is 0 Å². The number of hydrogen-bond donors (Lipinski definition) is 1. The van der Waals surface area contributed by atoms with Gasteiger partial charge in [0, 0.05) is 15.6 Å². The minimum atomic E-state index is -1.22. The molecule has 29 heavy (non-hydrogen) atoms. The van der Waals surface area contributed by atoms with E-state index in [1.807, 2.05) is 109 Å². The Bertz CT molecular complexity index is 1100. The summed E-state index contributed by atoms with van der Waals surface area (Å²) in [5.74, 6) is 6.37. The first-order chi connectivity index (χ1) is 14.2. The predicted octanol–water partition coefficient (Wildman–Crippen LogP) is 6.13. The van der Waals surface area contributed by atoms with E-state index < -0.39 is 5.60 Å². The molecule has 4 aromatic carbocycles. The third-order valence-electron chi connectivity index (χ3n) is 4.88. The van der Waals surface area contributed by atoms with Gasteiger partial charge in [0.1, 0.15) is 5.60 Å². The van der Waals surface area contributed by atoms with Gasteiger partial charge in [0.2, 0.25) is 0 Å². The Hall–Kier alpha value is -3.12. The van der Waals surface area contributed by atoms with Crippen LogP contribution in [0.15, 0.2) is 114 Å². The maximum atomic E-state index is 11.8. The van der Waals surface area contributed by atoms with Crippen LogP contribution < -0.4 is 0 Å². The van der Waals surface area contributed by atoms with Crippen molar-refractivity contribution >= 4 is 15.9 Å². The summed E-state index contributed by atoms with van der Waals surface area (Å²) in [5.41, 5.74) is 3.12. The minimum Gasteiger partial charge on any atom is -0.376 e. The highest BCUT2D eigenvalue weighted by Gasteiger charge is 2.33. The molecule has 0 aliphatic carbocycles. The van der Waals surface area contributed by atoms with E-state index in [2.05, 4.69) is 27.8 Å². The Morgan fingerprint density at radius 2 is 0.897 bits per heavy atom. The summed E-state index contributed by atoms with van der Waals surface area (Å²) in [6, 6.07) is 35.2. The Labute approximate surface area is 179 Å². The highest BCUT2D eigenvalue weighted by Crippen LogP contribution is 2.36. The minimum absolute atomic E-state index is 0.809. The smallest absolute Gasteiger partial charge is 0.140 e. The SMILES string of the molecule is OC(c1ccccc1)(c1ccccc1)c1ccc(C#Cc2ccc(Br)cc2)cc1. The topological polar surface area (TPSA) is 20.2 Å². The van der Waals surface area contributed by atoms with E-state index in [0.717, 1.165) is 32.3 Å². The van der Waals surface area contributed by atoms with Gasteiger partial charge in [-0.3, -0.25) is 0 Å². The lowest BCUT2D eigenvalue weighted by atomic mass is 9.80. The van der Waals surface area contributed by atoms with Gasteiger partial charge in [-0.05, 0) is 53.1 Å². The summed E-state index contributed by atoms with van der Waals surface area (Å²) in [7, 11) is 0. The third kappa shape index (κ3) is 4.17. The molecule has 0 saturated heterocycles. The maximum Gasteiger partial charge on any atom is 0.140 e. The largest absolute Gasteiger partial charge is 0.376 e. The van der Waals surface area contributed by atoms with E-state index in [1.54, 1.807) is 0 Å². The lowest BCUT2D eigenvalue weighted by Crippen LogP contribution is -2.28. The van der Waals surface area contributed by atoms with Gasteiger partial charge in [-0.15, -0.1) is 0 Å². The van der Waals surface area contributed by atoms with Gasteiger partial charge in [0.05, 0.1) is 0 Å². The summed E-state index contributed by atoms with van der Waals surface area (Å²) in [6.45, 7) is 0. The van der Waals surface area contributed by atoms with Crippen LogP contribution in [0.2, 0.25) is 0 Å². The molecule has 0 aromatic heterocycles. The van der Waals surface area contributed by atoms with Crippen LogP contribution in [-0.2, 0) is 5.60 Å². The molecular weight excluding hydrogens is 420 g/mol. The zero-order chi connectivity index (χ0) is 20.1. The standard InChI is InChI=1S/C27H19BrO/c28-26-19-15-22(16-20-26)12-11-21-13-17-25(18-14-21)27(29,23-7-3-1-4-8-23)24-9-5-2-6-10-24/h1-10,13-20,29H. The molecule has 0 unspecified atom stereocenters. The molecule has 0 saturated carbocycles. The fourth-order valence-corrected chi connectivity index (χ4v) is 3.60. The van der Waals surface area contributed by atoms with E-state index in [0.29, 0.717) is 0 Å². The van der Waals surface area contributed by atoms with Crippen LogP contribution in [-0.4, -0.2) is 5.11 Å². The van der Waals surface area contributed by atoms with Crippen LogP contribution in [0.5, 0.6) is 0 Å². The summed E-state index contributed by atoms with van der Waals surface area (Å²) < 4.78 is 1.04. The van der Waals surface area contributed by atoms with Crippen molar-refractivity contribution in [1.82, 2.24) is 0 Å². The molecule has 4 aromatic rings. The molecule has 1 nitrogen and oxygen atoms in total. The fraction of sp³-hybridized carbons (Fsp3) is 0.0370. The normalized spacial score (nSPS) is 10.8. The Kier molecular flexibility index (Phi) is 5.62. The average molecular weight is 439 g/mol. The molecule has 0 bridgehead atoms. The third-order valence-corrected chi connectivity index (χ3v) is 5.41. The van der Waals surface area contributed by atoms with Crippen molar-refractivity contribution in [1.29, 1.82) is 0 Å². The van der Waals surface area contributed by atoms with Gasteiger partial charge in [0.25, 0.3) is 0 Å². The van der Waals surface area contributed by atoms with Crippen molar-refractivity contribution in [3.63, 3.8) is 0 Å². The quantitative estimate of drug-likeness (QED) is 0.301. The van der Waals surface area contributed by atoms with E-state index in [9.17, 15) is 5.11 Å². The molecule has 0 aliphatic rings. The highest BCUT2D eigenvalue weighted by molar-refractivity contribution is 9.10. The Morgan fingerprint density at radius 3 is 1.34 bits per heavy atom. The molecule has 0 radical (unpaired) electrons. The van der Waals surface area contributed by atoms with Crippen LogP contribution in [0.4, 0.5) is 0 Å². The lowest BCUT2D eigenvalue weighted by Gasteiger charge is -2.30. The van der Waals surface area contributed by atoms with Gasteiger partial charge in [-0.2, -0.15) is 0 Å².